The number of anilines is 1. The number of hydrogen-bond donors (Lipinski definition) is 1. The predicted molar refractivity (Wildman–Crippen MR) is 139 cm³/mol. The second kappa shape index (κ2) is 11.0. The van der Waals surface area contributed by atoms with Gasteiger partial charge in [-0.2, -0.15) is 0 Å². The molecule has 1 aromatic heterocycles. The van der Waals surface area contributed by atoms with Crippen molar-refractivity contribution in [2.75, 3.05) is 31.1 Å². The number of hydrogen-bond acceptors (Lipinski definition) is 5. The van der Waals surface area contributed by atoms with Crippen molar-refractivity contribution in [3.8, 4) is 11.4 Å². The molecule has 2 saturated heterocycles. The van der Waals surface area contributed by atoms with Gasteiger partial charge in [-0.1, -0.05) is 54.1 Å². The number of aromatic nitrogens is 2. The minimum atomic E-state index is -0.127. The molecule has 1 amide bonds. The number of nitrogens with zero attached hydrogens (tertiary/aromatic N) is 3. The topological polar surface area (TPSA) is 67.3 Å². The van der Waals surface area contributed by atoms with Crippen LogP contribution in [0.2, 0.25) is 0 Å². The number of rotatable bonds is 7. The number of ether oxygens (including phenoxy) is 1. The maximum Gasteiger partial charge on any atom is 0.256 e. The van der Waals surface area contributed by atoms with Gasteiger partial charge < -0.3 is 15.0 Å². The van der Waals surface area contributed by atoms with E-state index in [9.17, 15) is 4.79 Å². The molecule has 1 atom stereocenters. The van der Waals surface area contributed by atoms with Gasteiger partial charge in [0.1, 0.15) is 11.4 Å². The van der Waals surface area contributed by atoms with E-state index in [1.54, 1.807) is 6.20 Å². The van der Waals surface area contributed by atoms with Crippen LogP contribution >= 0.6 is 0 Å². The van der Waals surface area contributed by atoms with Crippen LogP contribution < -0.4 is 10.2 Å². The van der Waals surface area contributed by atoms with Crippen LogP contribution in [-0.4, -0.2) is 48.2 Å². The lowest BCUT2D eigenvalue weighted by atomic mass is 9.90. The standard InChI is InChI=1S/C29H34N4O2/c1-21-7-5-10-24(17-21)27-30-20-26(29(34)31-19-25-11-6-16-35-25)28(32-27)33-14-12-23(13-15-33)18-22-8-3-2-4-9-22/h2-5,7-10,17,20,23,25H,6,11-16,18-19H2,1H3,(H,31,34). The summed E-state index contributed by atoms with van der Waals surface area (Å²) >= 11 is 0. The maximum absolute atomic E-state index is 13.2. The number of benzene rings is 2. The second-order valence-corrected chi connectivity index (χ2v) is 9.77. The molecule has 6 nitrogen and oxygen atoms in total. The molecule has 2 aliphatic heterocycles. The molecule has 2 aromatic carbocycles. The van der Waals surface area contributed by atoms with Crippen LogP contribution in [0.4, 0.5) is 5.82 Å². The first-order valence-electron chi connectivity index (χ1n) is 12.8. The lowest BCUT2D eigenvalue weighted by Gasteiger charge is -2.34. The van der Waals surface area contributed by atoms with Gasteiger partial charge in [-0.15, -0.1) is 0 Å². The minimum Gasteiger partial charge on any atom is -0.376 e. The summed E-state index contributed by atoms with van der Waals surface area (Å²) in [6.07, 6.45) is 7.10. The molecular formula is C29H34N4O2. The fraction of sp³-hybridized carbons (Fsp3) is 0.414. The Labute approximate surface area is 207 Å². The molecule has 5 rings (SSSR count). The minimum absolute atomic E-state index is 0.101. The number of piperidine rings is 1. The van der Waals surface area contributed by atoms with E-state index in [-0.39, 0.29) is 12.0 Å². The van der Waals surface area contributed by atoms with Crippen molar-refractivity contribution >= 4 is 11.7 Å². The Kier molecular flexibility index (Phi) is 7.38. The summed E-state index contributed by atoms with van der Waals surface area (Å²) in [4.78, 5) is 25.0. The van der Waals surface area contributed by atoms with Crippen molar-refractivity contribution in [1.82, 2.24) is 15.3 Å². The van der Waals surface area contributed by atoms with Crippen LogP contribution in [0.1, 0.15) is 47.2 Å². The summed E-state index contributed by atoms with van der Waals surface area (Å²) in [7, 11) is 0. The second-order valence-electron chi connectivity index (χ2n) is 9.77. The van der Waals surface area contributed by atoms with Crippen molar-refractivity contribution in [2.45, 2.75) is 45.1 Å². The number of aryl methyl sites for hydroxylation is 1. The lowest BCUT2D eigenvalue weighted by molar-refractivity contribution is 0.0857. The van der Waals surface area contributed by atoms with Gasteiger partial charge >= 0.3 is 0 Å². The van der Waals surface area contributed by atoms with Gasteiger partial charge in [0.25, 0.3) is 5.91 Å². The van der Waals surface area contributed by atoms with Gasteiger partial charge in [0, 0.05) is 38.0 Å². The number of amides is 1. The summed E-state index contributed by atoms with van der Waals surface area (Å²) in [6, 6.07) is 18.9. The Hall–Kier alpha value is -3.25. The highest BCUT2D eigenvalue weighted by atomic mass is 16.5. The van der Waals surface area contributed by atoms with E-state index < -0.39 is 0 Å². The molecule has 0 saturated carbocycles. The predicted octanol–water partition coefficient (Wildman–Crippen LogP) is 4.82. The molecule has 0 bridgehead atoms. The zero-order valence-corrected chi connectivity index (χ0v) is 20.5. The molecule has 2 aliphatic rings. The van der Waals surface area contributed by atoms with Crippen LogP contribution in [-0.2, 0) is 11.2 Å². The van der Waals surface area contributed by atoms with E-state index in [4.69, 9.17) is 9.72 Å². The molecule has 1 unspecified atom stereocenters. The Morgan fingerprint density at radius 1 is 1.09 bits per heavy atom. The molecule has 3 heterocycles. The Morgan fingerprint density at radius 3 is 2.66 bits per heavy atom. The van der Waals surface area contributed by atoms with E-state index in [1.807, 2.05) is 12.1 Å². The largest absolute Gasteiger partial charge is 0.376 e. The molecule has 182 valence electrons. The van der Waals surface area contributed by atoms with Crippen molar-refractivity contribution in [3.05, 3.63) is 77.5 Å². The van der Waals surface area contributed by atoms with Crippen LogP contribution in [0, 0.1) is 12.8 Å². The average Bonchev–Trinajstić information content (AvgIpc) is 3.42. The maximum atomic E-state index is 13.2. The fourth-order valence-corrected chi connectivity index (χ4v) is 5.10. The number of carbonyl (C=O) groups excluding carboxylic acids is 1. The summed E-state index contributed by atoms with van der Waals surface area (Å²) in [6.45, 7) is 5.13. The van der Waals surface area contributed by atoms with Gasteiger partial charge in [-0.05, 0) is 56.6 Å². The molecule has 6 heteroatoms. The first-order valence-corrected chi connectivity index (χ1v) is 12.8. The van der Waals surface area contributed by atoms with E-state index in [1.165, 1.54) is 5.56 Å². The highest BCUT2D eigenvalue weighted by Crippen LogP contribution is 2.29. The first-order chi connectivity index (χ1) is 17.2. The summed E-state index contributed by atoms with van der Waals surface area (Å²) in [5.74, 6) is 1.91. The highest BCUT2D eigenvalue weighted by molar-refractivity contribution is 5.99. The van der Waals surface area contributed by atoms with E-state index in [0.29, 0.717) is 23.9 Å². The van der Waals surface area contributed by atoms with Gasteiger partial charge in [-0.25, -0.2) is 9.97 Å². The van der Waals surface area contributed by atoms with Gasteiger partial charge in [0.15, 0.2) is 5.82 Å². The molecule has 2 fully saturated rings. The molecular weight excluding hydrogens is 436 g/mol. The zero-order valence-electron chi connectivity index (χ0n) is 20.5. The third-order valence-corrected chi connectivity index (χ3v) is 7.09. The Morgan fingerprint density at radius 2 is 1.91 bits per heavy atom. The molecule has 35 heavy (non-hydrogen) atoms. The van der Waals surface area contributed by atoms with Crippen LogP contribution in [0.3, 0.4) is 0 Å². The van der Waals surface area contributed by atoms with Crippen molar-refractivity contribution in [3.63, 3.8) is 0 Å². The van der Waals surface area contributed by atoms with E-state index in [0.717, 1.165) is 68.7 Å². The molecule has 0 aliphatic carbocycles. The lowest BCUT2D eigenvalue weighted by Crippen LogP contribution is -2.38. The monoisotopic (exact) mass is 470 g/mol. The third kappa shape index (κ3) is 5.88. The van der Waals surface area contributed by atoms with Crippen LogP contribution in [0.15, 0.2) is 60.8 Å². The Bertz CT molecular complexity index is 1140. The van der Waals surface area contributed by atoms with Crippen molar-refractivity contribution < 1.29 is 9.53 Å². The third-order valence-electron chi connectivity index (χ3n) is 7.09. The van der Waals surface area contributed by atoms with Crippen LogP contribution in [0.5, 0.6) is 0 Å². The Balaban J connectivity index is 1.35. The van der Waals surface area contributed by atoms with Gasteiger partial charge in [-0.3, -0.25) is 4.79 Å². The van der Waals surface area contributed by atoms with Crippen LogP contribution in [0.25, 0.3) is 11.4 Å². The van der Waals surface area contributed by atoms with Crippen molar-refractivity contribution in [1.29, 1.82) is 0 Å². The quantitative estimate of drug-likeness (QED) is 0.536. The fourth-order valence-electron chi connectivity index (χ4n) is 5.10. The SMILES string of the molecule is Cc1cccc(-c2ncc(C(=O)NCC3CCCO3)c(N3CCC(Cc4ccccc4)CC3)n2)c1. The molecule has 0 spiro atoms. The average molecular weight is 471 g/mol. The van der Waals surface area contributed by atoms with E-state index >= 15 is 0 Å². The van der Waals surface area contributed by atoms with Gasteiger partial charge in [0.2, 0.25) is 0 Å². The number of nitrogens with one attached hydrogen (secondary N) is 1. The summed E-state index contributed by atoms with van der Waals surface area (Å²) in [5, 5.41) is 3.06. The first kappa shape index (κ1) is 23.5. The molecule has 1 N–H and O–H groups in total. The summed E-state index contributed by atoms with van der Waals surface area (Å²) < 4.78 is 5.68. The van der Waals surface area contributed by atoms with Gasteiger partial charge in [0.05, 0.1) is 6.10 Å². The molecule has 0 radical (unpaired) electrons. The highest BCUT2D eigenvalue weighted by Gasteiger charge is 2.26. The smallest absolute Gasteiger partial charge is 0.256 e. The number of carbonyl (C=O) groups is 1. The normalized spacial score (nSPS) is 18.5. The summed E-state index contributed by atoms with van der Waals surface area (Å²) in [5.41, 5.74) is 4.06. The molecule has 3 aromatic rings. The van der Waals surface area contributed by atoms with E-state index in [2.05, 4.69) is 64.6 Å². The zero-order chi connectivity index (χ0) is 24.0. The van der Waals surface area contributed by atoms with Crippen molar-refractivity contribution in [2.24, 2.45) is 5.92 Å².